The Kier molecular flexibility index (Phi) is 10.7. The summed E-state index contributed by atoms with van der Waals surface area (Å²) in [5.74, 6) is 1.45. The lowest BCUT2D eigenvalue weighted by atomic mass is 10.1. The number of anilines is 2. The largest absolute Gasteiger partial charge is 0.389 e. The highest BCUT2D eigenvalue weighted by atomic mass is 35.5. The molecule has 2 atom stereocenters. The van der Waals surface area contributed by atoms with Crippen LogP contribution in [0.1, 0.15) is 17.5 Å². The molecule has 13 heteroatoms. The zero-order valence-corrected chi connectivity index (χ0v) is 21.6. The molecule has 2 aliphatic rings. The van der Waals surface area contributed by atoms with Crippen molar-refractivity contribution in [1.82, 2.24) is 21.3 Å². The van der Waals surface area contributed by atoms with E-state index in [4.69, 9.17) is 0 Å². The molecule has 4 amide bonds. The first kappa shape index (κ1) is 28.7. The van der Waals surface area contributed by atoms with Gasteiger partial charge >= 0.3 is 12.1 Å². The van der Waals surface area contributed by atoms with E-state index in [1.807, 2.05) is 24.3 Å². The molecule has 2 heterocycles. The Balaban J connectivity index is 0.00000400. The Morgan fingerprint density at radius 3 is 1.47 bits per heavy atom. The van der Waals surface area contributed by atoms with Crippen LogP contribution in [-0.4, -0.2) is 85.4 Å². The maximum Gasteiger partial charge on any atom is 0.319 e. The third-order valence-electron chi connectivity index (χ3n) is 5.69. The molecule has 38 heavy (non-hydrogen) atoms. The smallest absolute Gasteiger partial charge is 0.319 e. The van der Waals surface area contributed by atoms with Gasteiger partial charge in [0.15, 0.2) is 0 Å². The standard InChI is InChI=1S/C25H32N8O4.ClH/c34-20-12-28-22(29-13-20)16-2-6-18(7-3-16)32-24(36)26-10-1-11-27-25(37)33-19-8-4-17(5-9-19)23-30-14-21(35)15-31-23;/h2-9,20-21,34-35H,1,10-15H2,(H,28,29)(H,30,31)(H2,26,32,36)(H2,27,33,37);1H. The Labute approximate surface area is 226 Å². The van der Waals surface area contributed by atoms with Gasteiger partial charge in [-0.2, -0.15) is 0 Å². The molecule has 204 valence electrons. The average molecular weight is 545 g/mol. The van der Waals surface area contributed by atoms with E-state index in [0.717, 1.165) is 22.8 Å². The molecule has 2 unspecified atom stereocenters. The number of aliphatic imine (C=N–C) groups is 2. The summed E-state index contributed by atoms with van der Waals surface area (Å²) in [6, 6.07) is 13.9. The van der Waals surface area contributed by atoms with Crippen molar-refractivity contribution in [3.05, 3.63) is 59.7 Å². The fourth-order valence-corrected chi connectivity index (χ4v) is 3.72. The highest BCUT2D eigenvalue weighted by Crippen LogP contribution is 2.12. The van der Waals surface area contributed by atoms with Crippen LogP contribution in [0.25, 0.3) is 0 Å². The van der Waals surface area contributed by atoms with Crippen molar-refractivity contribution in [2.24, 2.45) is 9.98 Å². The van der Waals surface area contributed by atoms with E-state index < -0.39 is 12.2 Å². The highest BCUT2D eigenvalue weighted by Gasteiger charge is 2.14. The molecule has 12 nitrogen and oxygen atoms in total. The number of aliphatic hydroxyl groups is 2. The van der Waals surface area contributed by atoms with Crippen LogP contribution >= 0.6 is 12.4 Å². The minimum atomic E-state index is -0.465. The normalized spacial score (nSPS) is 18.4. The van der Waals surface area contributed by atoms with Crippen LogP contribution < -0.4 is 31.9 Å². The molecule has 0 aliphatic carbocycles. The number of hydrogen-bond acceptors (Lipinski definition) is 8. The summed E-state index contributed by atoms with van der Waals surface area (Å²) in [4.78, 5) is 32.8. The number of urea groups is 2. The third-order valence-corrected chi connectivity index (χ3v) is 5.69. The van der Waals surface area contributed by atoms with Crippen molar-refractivity contribution in [3.8, 4) is 0 Å². The summed E-state index contributed by atoms with van der Waals surface area (Å²) in [5, 5.41) is 36.2. The number of amides is 4. The van der Waals surface area contributed by atoms with Gasteiger partial charge in [0.25, 0.3) is 0 Å². The molecule has 2 aromatic carbocycles. The number of aliphatic hydroxyl groups excluding tert-OH is 2. The number of halogens is 1. The van der Waals surface area contributed by atoms with Crippen LogP contribution in [0.3, 0.4) is 0 Å². The van der Waals surface area contributed by atoms with Gasteiger partial charge in [0, 0.05) is 48.7 Å². The second-order valence-corrected chi connectivity index (χ2v) is 8.72. The molecule has 0 spiro atoms. The number of β-amino-alcohol motifs (C(OH)–C–C–N with tert-alkyl or cyclic N) is 2. The third kappa shape index (κ3) is 8.61. The first-order valence-corrected chi connectivity index (χ1v) is 12.2. The highest BCUT2D eigenvalue weighted by molar-refractivity contribution is 6.00. The van der Waals surface area contributed by atoms with Gasteiger partial charge in [-0.25, -0.2) is 9.59 Å². The summed E-state index contributed by atoms with van der Waals surface area (Å²) < 4.78 is 0. The van der Waals surface area contributed by atoms with Gasteiger partial charge in [0.05, 0.1) is 25.3 Å². The second-order valence-electron chi connectivity index (χ2n) is 8.72. The number of amidine groups is 2. The van der Waals surface area contributed by atoms with Gasteiger partial charge < -0.3 is 42.1 Å². The number of benzene rings is 2. The van der Waals surface area contributed by atoms with Crippen molar-refractivity contribution in [2.45, 2.75) is 18.6 Å². The lowest BCUT2D eigenvalue weighted by Crippen LogP contribution is -2.39. The number of rotatable bonds is 8. The predicted molar refractivity (Wildman–Crippen MR) is 150 cm³/mol. The molecule has 2 aliphatic heterocycles. The number of carbonyl (C=O) groups is 2. The van der Waals surface area contributed by atoms with Crippen molar-refractivity contribution in [2.75, 3.05) is 49.9 Å². The first-order valence-electron chi connectivity index (χ1n) is 12.2. The first-order chi connectivity index (χ1) is 18.0. The van der Waals surface area contributed by atoms with Crippen molar-refractivity contribution >= 4 is 47.5 Å². The fraction of sp³-hybridized carbons (Fsp3) is 0.360. The molecule has 2 aromatic rings. The summed E-state index contributed by atoms with van der Waals surface area (Å²) in [7, 11) is 0. The zero-order valence-electron chi connectivity index (χ0n) is 20.7. The molecule has 0 aromatic heterocycles. The summed E-state index contributed by atoms with van der Waals surface area (Å²) in [6.45, 7) is 2.46. The number of hydrogen-bond donors (Lipinski definition) is 8. The van der Waals surface area contributed by atoms with E-state index in [2.05, 4.69) is 41.9 Å². The molecular formula is C25H33ClN8O4. The van der Waals surface area contributed by atoms with Crippen molar-refractivity contribution in [3.63, 3.8) is 0 Å². The fourth-order valence-electron chi connectivity index (χ4n) is 3.72. The summed E-state index contributed by atoms with van der Waals surface area (Å²) in [5.41, 5.74) is 3.05. The van der Waals surface area contributed by atoms with Gasteiger partial charge in [-0.1, -0.05) is 0 Å². The number of carbonyl (C=O) groups excluding carboxylic acids is 2. The van der Waals surface area contributed by atoms with E-state index >= 15 is 0 Å². The predicted octanol–water partition coefficient (Wildman–Crippen LogP) is 0.863. The average Bonchev–Trinajstić information content (AvgIpc) is 2.90. The van der Waals surface area contributed by atoms with Crippen LogP contribution in [0, 0.1) is 0 Å². The Morgan fingerprint density at radius 1 is 0.737 bits per heavy atom. The van der Waals surface area contributed by atoms with Crippen LogP contribution in [0.15, 0.2) is 58.5 Å². The Morgan fingerprint density at radius 2 is 1.13 bits per heavy atom. The van der Waals surface area contributed by atoms with E-state index in [-0.39, 0.29) is 24.5 Å². The zero-order chi connectivity index (χ0) is 26.0. The topological polar surface area (TPSA) is 172 Å². The van der Waals surface area contributed by atoms with Crippen LogP contribution in [-0.2, 0) is 0 Å². The van der Waals surface area contributed by atoms with Gasteiger partial charge in [-0.15, -0.1) is 12.4 Å². The minimum absolute atomic E-state index is 0. The van der Waals surface area contributed by atoms with E-state index in [1.54, 1.807) is 24.3 Å². The molecule has 0 saturated carbocycles. The van der Waals surface area contributed by atoms with Crippen molar-refractivity contribution < 1.29 is 19.8 Å². The van der Waals surface area contributed by atoms with Crippen LogP contribution in [0.5, 0.6) is 0 Å². The molecular weight excluding hydrogens is 512 g/mol. The van der Waals surface area contributed by atoms with E-state index in [9.17, 15) is 19.8 Å². The molecule has 0 fully saturated rings. The Bertz CT molecular complexity index is 1050. The summed E-state index contributed by atoms with van der Waals surface area (Å²) >= 11 is 0. The lowest BCUT2D eigenvalue weighted by Gasteiger charge is -2.19. The monoisotopic (exact) mass is 544 g/mol. The van der Waals surface area contributed by atoms with E-state index in [1.165, 1.54) is 0 Å². The van der Waals surface area contributed by atoms with Crippen LogP contribution in [0.4, 0.5) is 21.0 Å². The van der Waals surface area contributed by atoms with Gasteiger partial charge in [0.2, 0.25) is 0 Å². The van der Waals surface area contributed by atoms with Crippen molar-refractivity contribution in [1.29, 1.82) is 0 Å². The molecule has 8 N–H and O–H groups in total. The van der Waals surface area contributed by atoms with Gasteiger partial charge in [-0.05, 0) is 55.0 Å². The van der Waals surface area contributed by atoms with Crippen LogP contribution in [0.2, 0.25) is 0 Å². The quantitative estimate of drug-likeness (QED) is 0.229. The van der Waals surface area contributed by atoms with Gasteiger partial charge in [-0.3, -0.25) is 9.98 Å². The summed E-state index contributed by atoms with van der Waals surface area (Å²) in [6.07, 6.45) is -0.367. The van der Waals surface area contributed by atoms with Gasteiger partial charge in [0.1, 0.15) is 11.7 Å². The Hall–Kier alpha value is -3.87. The molecule has 0 saturated heterocycles. The molecule has 4 rings (SSSR count). The molecule has 0 radical (unpaired) electrons. The second kappa shape index (κ2) is 14.2. The number of nitrogens with zero attached hydrogens (tertiary/aromatic N) is 2. The molecule has 0 bridgehead atoms. The minimum Gasteiger partial charge on any atom is -0.389 e. The van der Waals surface area contributed by atoms with E-state index in [0.29, 0.717) is 57.1 Å². The number of nitrogens with one attached hydrogen (secondary N) is 6. The maximum absolute atomic E-state index is 12.1. The maximum atomic E-state index is 12.1. The lowest BCUT2D eigenvalue weighted by molar-refractivity contribution is 0.181. The SMILES string of the molecule is Cl.O=C(NCCCNC(=O)Nc1ccc(C2=NCC(O)CN2)cc1)Nc1ccc(C2=NCC(O)CN2)cc1.